The van der Waals surface area contributed by atoms with Gasteiger partial charge in [-0.15, -0.1) is 0 Å². The Morgan fingerprint density at radius 1 is 1.59 bits per heavy atom. The number of aryl methyl sites for hydroxylation is 1. The van der Waals surface area contributed by atoms with Gasteiger partial charge in [0.1, 0.15) is 0 Å². The first-order chi connectivity index (χ1) is 8.08. The molecule has 0 saturated heterocycles. The van der Waals surface area contributed by atoms with Crippen LogP contribution in [0.15, 0.2) is 22.7 Å². The van der Waals surface area contributed by atoms with E-state index in [1.807, 2.05) is 19.1 Å². The molecule has 94 valence electrons. The molecule has 4 nitrogen and oxygen atoms in total. The van der Waals surface area contributed by atoms with Crippen LogP contribution in [0.5, 0.6) is 0 Å². The lowest BCUT2D eigenvalue weighted by molar-refractivity contribution is 0.0839. The Morgan fingerprint density at radius 3 is 2.82 bits per heavy atom. The van der Waals surface area contributed by atoms with Crippen LogP contribution in [0.25, 0.3) is 0 Å². The molecule has 0 radical (unpaired) electrons. The van der Waals surface area contributed by atoms with E-state index in [1.165, 1.54) is 7.11 Å². The summed E-state index contributed by atoms with van der Waals surface area (Å²) in [5, 5.41) is 11.8. The third-order valence-corrected chi connectivity index (χ3v) is 2.95. The number of hydrogen-bond acceptors (Lipinski definition) is 3. The number of halogens is 1. The van der Waals surface area contributed by atoms with Crippen LogP contribution in [0.3, 0.4) is 0 Å². The van der Waals surface area contributed by atoms with Crippen LogP contribution in [-0.4, -0.2) is 37.4 Å². The summed E-state index contributed by atoms with van der Waals surface area (Å²) in [5.74, 6) is -0.229. The van der Waals surface area contributed by atoms with E-state index in [1.54, 1.807) is 6.07 Å². The number of nitrogens with one attached hydrogen (secondary N) is 1. The van der Waals surface area contributed by atoms with E-state index in [4.69, 9.17) is 9.84 Å². The van der Waals surface area contributed by atoms with Gasteiger partial charge in [-0.2, -0.15) is 0 Å². The van der Waals surface area contributed by atoms with Gasteiger partial charge in [0.15, 0.2) is 0 Å². The Bertz CT molecular complexity index is 395. The number of aliphatic hydroxyl groups is 1. The molecule has 1 amide bonds. The summed E-state index contributed by atoms with van der Waals surface area (Å²) >= 11 is 3.34. The van der Waals surface area contributed by atoms with Gasteiger partial charge in [0.25, 0.3) is 5.91 Å². The molecule has 0 saturated carbocycles. The largest absolute Gasteiger partial charge is 0.394 e. The lowest BCUT2D eigenvalue weighted by atomic mass is 10.1. The molecule has 0 aliphatic rings. The molecule has 0 aliphatic heterocycles. The van der Waals surface area contributed by atoms with Gasteiger partial charge in [-0.05, 0) is 40.5 Å². The maximum Gasteiger partial charge on any atom is 0.252 e. The molecule has 5 heteroatoms. The molecule has 1 aromatic rings. The van der Waals surface area contributed by atoms with Gasteiger partial charge >= 0.3 is 0 Å². The zero-order valence-electron chi connectivity index (χ0n) is 9.87. The molecule has 2 N–H and O–H groups in total. The summed E-state index contributed by atoms with van der Waals surface area (Å²) in [6.07, 6.45) is 0. The van der Waals surface area contributed by atoms with Gasteiger partial charge < -0.3 is 15.2 Å². The molecule has 1 unspecified atom stereocenters. The van der Waals surface area contributed by atoms with E-state index in [-0.39, 0.29) is 25.2 Å². The number of benzene rings is 1. The van der Waals surface area contributed by atoms with Crippen molar-refractivity contribution in [1.29, 1.82) is 0 Å². The van der Waals surface area contributed by atoms with Crippen LogP contribution in [0.1, 0.15) is 15.9 Å². The Kier molecular flexibility index (Phi) is 5.61. The van der Waals surface area contributed by atoms with Gasteiger partial charge in [-0.3, -0.25) is 4.79 Å². The maximum atomic E-state index is 11.9. The number of carbonyl (C=O) groups is 1. The van der Waals surface area contributed by atoms with Crippen LogP contribution >= 0.6 is 15.9 Å². The van der Waals surface area contributed by atoms with E-state index in [0.29, 0.717) is 5.56 Å². The molecule has 0 fully saturated rings. The quantitative estimate of drug-likeness (QED) is 0.866. The second-order valence-electron chi connectivity index (χ2n) is 3.79. The molecule has 0 aromatic heterocycles. The first kappa shape index (κ1) is 14.2. The SMILES string of the molecule is COCC(CO)NC(=O)c1ccc(C)cc1Br. The van der Waals surface area contributed by atoms with Crippen LogP contribution in [-0.2, 0) is 4.74 Å². The summed E-state index contributed by atoms with van der Waals surface area (Å²) in [4.78, 5) is 11.9. The summed E-state index contributed by atoms with van der Waals surface area (Å²) in [5.41, 5.74) is 1.62. The van der Waals surface area contributed by atoms with Crippen molar-refractivity contribution < 1.29 is 14.6 Å². The minimum atomic E-state index is -0.388. The molecule has 1 aromatic carbocycles. The van der Waals surface area contributed by atoms with Crippen molar-refractivity contribution in [3.8, 4) is 0 Å². The van der Waals surface area contributed by atoms with Gasteiger partial charge in [0, 0.05) is 11.6 Å². The molecule has 1 rings (SSSR count). The maximum absolute atomic E-state index is 11.9. The number of aliphatic hydroxyl groups excluding tert-OH is 1. The lowest BCUT2D eigenvalue weighted by Gasteiger charge is -2.15. The van der Waals surface area contributed by atoms with E-state index in [0.717, 1.165) is 10.0 Å². The zero-order chi connectivity index (χ0) is 12.8. The second-order valence-corrected chi connectivity index (χ2v) is 4.65. The molecular formula is C12H16BrNO3. The normalized spacial score (nSPS) is 12.2. The monoisotopic (exact) mass is 301 g/mol. The van der Waals surface area contributed by atoms with Crippen molar-refractivity contribution in [2.75, 3.05) is 20.3 Å². The minimum absolute atomic E-state index is 0.150. The highest BCUT2D eigenvalue weighted by atomic mass is 79.9. The van der Waals surface area contributed by atoms with Crippen LogP contribution in [0, 0.1) is 6.92 Å². The Balaban J connectivity index is 2.75. The van der Waals surface area contributed by atoms with Gasteiger partial charge in [-0.1, -0.05) is 6.07 Å². The van der Waals surface area contributed by atoms with Crippen molar-refractivity contribution in [1.82, 2.24) is 5.32 Å². The number of amides is 1. The molecule has 0 spiro atoms. The molecule has 0 aliphatic carbocycles. The first-order valence-corrected chi connectivity index (χ1v) is 6.04. The predicted octanol–water partition coefficient (Wildman–Crippen LogP) is 1.49. The van der Waals surface area contributed by atoms with Gasteiger partial charge in [-0.25, -0.2) is 0 Å². The summed E-state index contributed by atoms with van der Waals surface area (Å²) in [6.45, 7) is 2.09. The number of ether oxygens (including phenoxy) is 1. The highest BCUT2D eigenvalue weighted by Crippen LogP contribution is 2.18. The molecule has 0 bridgehead atoms. The van der Waals surface area contributed by atoms with Crippen LogP contribution in [0.4, 0.5) is 0 Å². The third-order valence-electron chi connectivity index (χ3n) is 2.29. The van der Waals surface area contributed by atoms with E-state index < -0.39 is 0 Å². The molecule has 0 heterocycles. The minimum Gasteiger partial charge on any atom is -0.394 e. The summed E-state index contributed by atoms with van der Waals surface area (Å²) < 4.78 is 5.63. The number of rotatable bonds is 5. The van der Waals surface area contributed by atoms with Crippen molar-refractivity contribution in [2.45, 2.75) is 13.0 Å². The standard InChI is InChI=1S/C12H16BrNO3/c1-8-3-4-10(11(13)5-8)12(16)14-9(6-15)7-17-2/h3-5,9,15H,6-7H2,1-2H3,(H,14,16). The fourth-order valence-corrected chi connectivity index (χ4v) is 2.08. The zero-order valence-corrected chi connectivity index (χ0v) is 11.5. The average molecular weight is 302 g/mol. The Labute approximate surface area is 109 Å². The predicted molar refractivity (Wildman–Crippen MR) is 69.1 cm³/mol. The third kappa shape index (κ3) is 4.11. The number of hydrogen-bond donors (Lipinski definition) is 2. The van der Waals surface area contributed by atoms with E-state index >= 15 is 0 Å². The van der Waals surface area contributed by atoms with E-state index in [9.17, 15) is 4.79 Å². The molecule has 1 atom stereocenters. The van der Waals surface area contributed by atoms with Gasteiger partial charge in [0.2, 0.25) is 0 Å². The highest BCUT2D eigenvalue weighted by molar-refractivity contribution is 9.10. The number of carbonyl (C=O) groups excluding carboxylic acids is 1. The lowest BCUT2D eigenvalue weighted by Crippen LogP contribution is -2.40. The van der Waals surface area contributed by atoms with Crippen molar-refractivity contribution in [3.05, 3.63) is 33.8 Å². The van der Waals surface area contributed by atoms with Crippen molar-refractivity contribution >= 4 is 21.8 Å². The second kappa shape index (κ2) is 6.74. The molecular weight excluding hydrogens is 286 g/mol. The first-order valence-electron chi connectivity index (χ1n) is 5.25. The Hall–Kier alpha value is -0.910. The topological polar surface area (TPSA) is 58.6 Å². The van der Waals surface area contributed by atoms with E-state index in [2.05, 4.69) is 21.2 Å². The fourth-order valence-electron chi connectivity index (χ4n) is 1.41. The van der Waals surface area contributed by atoms with Crippen molar-refractivity contribution in [3.63, 3.8) is 0 Å². The fraction of sp³-hybridized carbons (Fsp3) is 0.417. The summed E-state index contributed by atoms with van der Waals surface area (Å²) in [6, 6.07) is 5.10. The van der Waals surface area contributed by atoms with Crippen LogP contribution in [0.2, 0.25) is 0 Å². The molecule has 17 heavy (non-hydrogen) atoms. The highest BCUT2D eigenvalue weighted by Gasteiger charge is 2.14. The Morgan fingerprint density at radius 2 is 2.29 bits per heavy atom. The summed E-state index contributed by atoms with van der Waals surface area (Å²) in [7, 11) is 1.52. The van der Waals surface area contributed by atoms with Gasteiger partial charge in [0.05, 0.1) is 24.8 Å². The number of methoxy groups -OCH3 is 1. The van der Waals surface area contributed by atoms with Crippen LogP contribution < -0.4 is 5.32 Å². The van der Waals surface area contributed by atoms with Crippen molar-refractivity contribution in [2.24, 2.45) is 0 Å². The average Bonchev–Trinajstić information content (AvgIpc) is 2.28. The smallest absolute Gasteiger partial charge is 0.252 e.